The molecule has 1 heterocycles. The third-order valence-corrected chi connectivity index (χ3v) is 4.37. The monoisotopic (exact) mass is 274 g/mol. The van der Waals surface area contributed by atoms with Crippen molar-refractivity contribution in [1.29, 1.82) is 0 Å². The molecule has 0 unspecified atom stereocenters. The Balaban J connectivity index is 1.87. The van der Waals surface area contributed by atoms with Crippen molar-refractivity contribution >= 4 is 5.78 Å². The summed E-state index contributed by atoms with van der Waals surface area (Å²) in [6.07, 6.45) is 17.1. The molecule has 1 aliphatic heterocycles. The van der Waals surface area contributed by atoms with Crippen LogP contribution in [0.3, 0.4) is 0 Å². The van der Waals surface area contributed by atoms with Crippen molar-refractivity contribution < 1.29 is 9.53 Å². The Morgan fingerprint density at radius 2 is 2.25 bits per heavy atom. The summed E-state index contributed by atoms with van der Waals surface area (Å²) in [4.78, 5) is 11.6. The summed E-state index contributed by atoms with van der Waals surface area (Å²) in [6, 6.07) is 0. The highest BCUT2D eigenvalue weighted by molar-refractivity contribution is 5.91. The predicted octanol–water partition coefficient (Wildman–Crippen LogP) is 4.37. The van der Waals surface area contributed by atoms with E-state index in [-0.39, 0.29) is 17.3 Å². The first-order valence-electron chi connectivity index (χ1n) is 7.87. The number of carbonyl (C=O) groups is 1. The van der Waals surface area contributed by atoms with E-state index in [0.717, 1.165) is 6.42 Å². The van der Waals surface area contributed by atoms with Crippen molar-refractivity contribution in [1.82, 2.24) is 0 Å². The molecule has 0 aromatic rings. The van der Waals surface area contributed by atoms with E-state index in [1.54, 1.807) is 6.08 Å². The molecule has 0 bridgehead atoms. The number of allylic oxidation sites excluding steroid dienone is 4. The van der Waals surface area contributed by atoms with E-state index in [9.17, 15) is 4.79 Å². The van der Waals surface area contributed by atoms with E-state index in [1.165, 1.54) is 31.3 Å². The first-order valence-corrected chi connectivity index (χ1v) is 7.87. The average molecular weight is 274 g/mol. The lowest BCUT2D eigenvalue weighted by atomic mass is 9.78. The quantitative estimate of drug-likeness (QED) is 0.672. The van der Waals surface area contributed by atoms with Gasteiger partial charge >= 0.3 is 0 Å². The van der Waals surface area contributed by atoms with Gasteiger partial charge in [0, 0.05) is 12.3 Å². The third kappa shape index (κ3) is 3.69. The van der Waals surface area contributed by atoms with E-state index in [1.807, 2.05) is 6.08 Å². The number of rotatable bonds is 6. The van der Waals surface area contributed by atoms with Crippen molar-refractivity contribution in [3.8, 4) is 0 Å². The van der Waals surface area contributed by atoms with Crippen molar-refractivity contribution in [2.45, 2.75) is 58.0 Å². The van der Waals surface area contributed by atoms with Gasteiger partial charge in [-0.2, -0.15) is 0 Å². The maximum Gasteiger partial charge on any atom is 0.156 e. The predicted molar refractivity (Wildman–Crippen MR) is 82.6 cm³/mol. The number of unbranched alkanes of at least 4 members (excludes halogenated alkanes) is 4. The summed E-state index contributed by atoms with van der Waals surface area (Å²) in [5.41, 5.74) is 0.990. The van der Waals surface area contributed by atoms with Gasteiger partial charge in [0.05, 0.1) is 12.2 Å². The molecular weight excluding hydrogens is 248 g/mol. The maximum absolute atomic E-state index is 11.6. The van der Waals surface area contributed by atoms with Gasteiger partial charge in [0.25, 0.3) is 0 Å². The van der Waals surface area contributed by atoms with Gasteiger partial charge in [-0.25, -0.2) is 0 Å². The van der Waals surface area contributed by atoms with E-state index in [2.05, 4.69) is 32.1 Å². The second-order valence-corrected chi connectivity index (χ2v) is 6.05. The third-order valence-electron chi connectivity index (χ3n) is 4.37. The van der Waals surface area contributed by atoms with Crippen LogP contribution in [0.1, 0.15) is 52.4 Å². The average Bonchev–Trinajstić information content (AvgIpc) is 2.75. The number of hydrogen-bond donors (Lipinski definition) is 0. The lowest BCUT2D eigenvalue weighted by Gasteiger charge is -2.29. The SMILES string of the molecule is CCCCCC/C=C/C=C1/CO[C@]2(C)C=CC(=O)C[C@H]12. The molecule has 2 aliphatic rings. The molecule has 2 heteroatoms. The largest absolute Gasteiger partial charge is 0.366 e. The van der Waals surface area contributed by atoms with Crippen LogP contribution in [0.2, 0.25) is 0 Å². The lowest BCUT2D eigenvalue weighted by Crippen LogP contribution is -2.34. The van der Waals surface area contributed by atoms with E-state index in [0.29, 0.717) is 13.0 Å². The fraction of sp³-hybridized carbons (Fsp3) is 0.611. The van der Waals surface area contributed by atoms with Crippen LogP contribution >= 0.6 is 0 Å². The molecule has 0 spiro atoms. The van der Waals surface area contributed by atoms with Crippen LogP contribution in [-0.2, 0) is 9.53 Å². The van der Waals surface area contributed by atoms with Gasteiger partial charge in [-0.1, -0.05) is 44.4 Å². The smallest absolute Gasteiger partial charge is 0.156 e. The number of carbonyl (C=O) groups excluding carboxylic acids is 1. The van der Waals surface area contributed by atoms with Crippen LogP contribution in [0.4, 0.5) is 0 Å². The van der Waals surface area contributed by atoms with Crippen LogP contribution in [0.15, 0.2) is 36.0 Å². The number of ether oxygens (including phenoxy) is 1. The van der Waals surface area contributed by atoms with Crippen LogP contribution in [0.25, 0.3) is 0 Å². The van der Waals surface area contributed by atoms with Crippen LogP contribution < -0.4 is 0 Å². The minimum absolute atomic E-state index is 0.215. The number of ketones is 1. The normalized spacial score (nSPS) is 31.4. The Labute approximate surface area is 122 Å². The molecule has 110 valence electrons. The molecule has 1 aliphatic carbocycles. The highest BCUT2D eigenvalue weighted by Gasteiger charge is 2.43. The molecule has 20 heavy (non-hydrogen) atoms. The summed E-state index contributed by atoms with van der Waals surface area (Å²) in [7, 11) is 0. The fourth-order valence-electron chi connectivity index (χ4n) is 2.97. The standard InChI is InChI=1S/C18H26O2/c1-3-4-5-6-7-8-9-10-15-14-20-18(2)12-11-16(19)13-17(15)18/h8-12,17H,3-7,13-14H2,1-2H3/b9-8+,15-10-/t17-,18-/m1/s1. The number of hydrogen-bond acceptors (Lipinski definition) is 2. The van der Waals surface area contributed by atoms with Crippen LogP contribution in [-0.4, -0.2) is 18.0 Å². The molecule has 0 radical (unpaired) electrons. The fourth-order valence-corrected chi connectivity index (χ4v) is 2.97. The van der Waals surface area contributed by atoms with E-state index >= 15 is 0 Å². The molecule has 0 saturated carbocycles. The molecule has 1 saturated heterocycles. The Morgan fingerprint density at radius 1 is 1.40 bits per heavy atom. The zero-order chi connectivity index (χ0) is 14.4. The van der Waals surface area contributed by atoms with E-state index < -0.39 is 0 Å². The lowest BCUT2D eigenvalue weighted by molar-refractivity contribution is -0.117. The molecule has 2 rings (SSSR count). The molecule has 2 nitrogen and oxygen atoms in total. The Morgan fingerprint density at radius 3 is 3.05 bits per heavy atom. The summed E-state index contributed by atoms with van der Waals surface area (Å²) in [5.74, 6) is 0.442. The Hall–Kier alpha value is -1.15. The summed E-state index contributed by atoms with van der Waals surface area (Å²) >= 11 is 0. The van der Waals surface area contributed by atoms with Gasteiger partial charge in [0.15, 0.2) is 5.78 Å². The Bertz CT molecular complexity index is 431. The molecule has 0 amide bonds. The van der Waals surface area contributed by atoms with Crippen molar-refractivity contribution in [3.63, 3.8) is 0 Å². The summed E-state index contributed by atoms with van der Waals surface area (Å²) in [5, 5.41) is 0. The van der Waals surface area contributed by atoms with Crippen LogP contribution in [0.5, 0.6) is 0 Å². The molecular formula is C18H26O2. The van der Waals surface area contributed by atoms with Gasteiger partial charge in [-0.05, 0) is 37.5 Å². The zero-order valence-corrected chi connectivity index (χ0v) is 12.7. The second-order valence-electron chi connectivity index (χ2n) is 6.05. The first kappa shape index (κ1) is 15.2. The van der Waals surface area contributed by atoms with Crippen molar-refractivity contribution in [2.24, 2.45) is 5.92 Å². The zero-order valence-electron chi connectivity index (χ0n) is 12.7. The molecule has 1 fully saturated rings. The maximum atomic E-state index is 11.6. The van der Waals surface area contributed by atoms with Gasteiger partial charge in [0.2, 0.25) is 0 Å². The summed E-state index contributed by atoms with van der Waals surface area (Å²) < 4.78 is 5.87. The molecule has 0 aromatic carbocycles. The van der Waals surface area contributed by atoms with Crippen molar-refractivity contribution in [3.05, 3.63) is 36.0 Å². The van der Waals surface area contributed by atoms with Gasteiger partial charge in [-0.3, -0.25) is 4.79 Å². The summed E-state index contributed by atoms with van der Waals surface area (Å²) in [6.45, 7) is 4.96. The van der Waals surface area contributed by atoms with Gasteiger partial charge in [-0.15, -0.1) is 0 Å². The minimum atomic E-state index is -0.269. The van der Waals surface area contributed by atoms with Crippen molar-refractivity contribution in [2.75, 3.05) is 6.61 Å². The van der Waals surface area contributed by atoms with E-state index in [4.69, 9.17) is 4.74 Å². The Kier molecular flexibility index (Phi) is 5.36. The van der Waals surface area contributed by atoms with Gasteiger partial charge < -0.3 is 4.74 Å². The minimum Gasteiger partial charge on any atom is -0.366 e. The first-order chi connectivity index (χ1) is 9.65. The number of fused-ring (bicyclic) bond motifs is 1. The molecule has 2 atom stereocenters. The highest BCUT2D eigenvalue weighted by atomic mass is 16.5. The van der Waals surface area contributed by atoms with Crippen LogP contribution in [0, 0.1) is 5.92 Å². The molecule has 0 aromatic heterocycles. The molecule has 0 N–H and O–H groups in total. The highest BCUT2D eigenvalue weighted by Crippen LogP contribution is 2.41. The second kappa shape index (κ2) is 7.03. The van der Waals surface area contributed by atoms with Gasteiger partial charge in [0.1, 0.15) is 0 Å². The topological polar surface area (TPSA) is 26.3 Å².